The van der Waals surface area contributed by atoms with Crippen LogP contribution < -0.4 is 10.9 Å². The molecule has 0 aliphatic carbocycles. The minimum Gasteiger partial charge on any atom is -0.339 e. The first kappa shape index (κ1) is 18.8. The molecule has 3 rings (SSSR count). The first-order valence-corrected chi connectivity index (χ1v) is 9.53. The van der Waals surface area contributed by atoms with Crippen molar-refractivity contribution in [3.63, 3.8) is 0 Å². The predicted molar refractivity (Wildman–Crippen MR) is 106 cm³/mol. The zero-order valence-corrected chi connectivity index (χ0v) is 16.0. The lowest BCUT2D eigenvalue weighted by molar-refractivity contribution is -0.116. The smallest absolute Gasteiger partial charge is 0.271 e. The number of hydrogen-bond acceptors (Lipinski definition) is 5. The van der Waals surface area contributed by atoms with Crippen LogP contribution in [0.5, 0.6) is 0 Å². The van der Waals surface area contributed by atoms with Gasteiger partial charge in [-0.2, -0.15) is 0 Å². The first-order chi connectivity index (χ1) is 13.0. The summed E-state index contributed by atoms with van der Waals surface area (Å²) in [7, 11) is 0. The van der Waals surface area contributed by atoms with E-state index in [1.54, 1.807) is 40.6 Å². The number of benzene rings is 1. The normalized spacial score (nSPS) is 10.7. The summed E-state index contributed by atoms with van der Waals surface area (Å²) in [6, 6.07) is 8.56. The average molecular weight is 384 g/mol. The van der Waals surface area contributed by atoms with E-state index in [4.69, 9.17) is 0 Å². The molecule has 1 N–H and O–H groups in total. The van der Waals surface area contributed by atoms with Crippen LogP contribution in [-0.4, -0.2) is 39.4 Å². The lowest BCUT2D eigenvalue weighted by Gasteiger charge is -2.19. The Balaban J connectivity index is 1.74. The third-order valence-electron chi connectivity index (χ3n) is 4.19. The van der Waals surface area contributed by atoms with E-state index in [1.165, 1.54) is 22.2 Å². The van der Waals surface area contributed by atoms with Gasteiger partial charge in [0, 0.05) is 24.3 Å². The molecule has 2 amide bonds. The van der Waals surface area contributed by atoms with Gasteiger partial charge in [0.15, 0.2) is 0 Å². The number of nitrogens with one attached hydrogen (secondary N) is 1. The second-order valence-corrected chi connectivity index (χ2v) is 6.84. The van der Waals surface area contributed by atoms with Crippen molar-refractivity contribution < 1.29 is 9.59 Å². The van der Waals surface area contributed by atoms with Gasteiger partial charge in [0.25, 0.3) is 11.5 Å². The van der Waals surface area contributed by atoms with Crippen LogP contribution in [-0.2, 0) is 11.3 Å². The lowest BCUT2D eigenvalue weighted by atomic mass is 10.1. The fourth-order valence-corrected chi connectivity index (χ4v) is 3.56. The maximum absolute atomic E-state index is 12.4. The van der Waals surface area contributed by atoms with Crippen molar-refractivity contribution in [2.45, 2.75) is 20.4 Å². The van der Waals surface area contributed by atoms with Crippen molar-refractivity contribution in [1.82, 2.24) is 14.5 Å². The highest BCUT2D eigenvalue weighted by atomic mass is 32.1. The molecule has 0 unspecified atom stereocenters. The molecule has 0 fully saturated rings. The molecule has 0 saturated carbocycles. The van der Waals surface area contributed by atoms with E-state index in [-0.39, 0.29) is 23.9 Å². The minimum absolute atomic E-state index is 0.0836. The van der Waals surface area contributed by atoms with Gasteiger partial charge in [0.05, 0.1) is 11.8 Å². The fourth-order valence-electron chi connectivity index (χ4n) is 2.77. The summed E-state index contributed by atoms with van der Waals surface area (Å²) in [4.78, 5) is 43.0. The summed E-state index contributed by atoms with van der Waals surface area (Å²) in [6.45, 7) is 4.93. The van der Waals surface area contributed by atoms with Gasteiger partial charge in [0.1, 0.15) is 11.2 Å². The Hall–Kier alpha value is -3.00. The molecule has 3 aromatic rings. The van der Waals surface area contributed by atoms with Gasteiger partial charge in [-0.1, -0.05) is 6.07 Å². The molecule has 0 aliphatic rings. The Kier molecular flexibility index (Phi) is 5.66. The van der Waals surface area contributed by atoms with E-state index >= 15 is 0 Å². The highest BCUT2D eigenvalue weighted by molar-refractivity contribution is 7.17. The highest BCUT2D eigenvalue weighted by Gasteiger charge is 2.14. The Bertz CT molecular complexity index is 1040. The number of amides is 2. The lowest BCUT2D eigenvalue weighted by Crippen LogP contribution is -2.30. The van der Waals surface area contributed by atoms with Crippen molar-refractivity contribution in [3.8, 4) is 0 Å². The molecule has 2 heterocycles. The van der Waals surface area contributed by atoms with E-state index in [1.807, 2.05) is 13.8 Å². The molecule has 0 radical (unpaired) electrons. The molecule has 1 aromatic carbocycles. The molecule has 8 heteroatoms. The van der Waals surface area contributed by atoms with Crippen LogP contribution in [0.25, 0.3) is 10.2 Å². The van der Waals surface area contributed by atoms with E-state index in [0.29, 0.717) is 34.6 Å². The molecule has 140 valence electrons. The van der Waals surface area contributed by atoms with E-state index in [0.717, 1.165) is 0 Å². The van der Waals surface area contributed by atoms with Gasteiger partial charge < -0.3 is 10.2 Å². The summed E-state index contributed by atoms with van der Waals surface area (Å²) >= 11 is 1.30. The zero-order chi connectivity index (χ0) is 19.4. The van der Waals surface area contributed by atoms with Crippen molar-refractivity contribution >= 4 is 39.1 Å². The average Bonchev–Trinajstić information content (AvgIpc) is 3.15. The Morgan fingerprint density at radius 3 is 2.74 bits per heavy atom. The fraction of sp³-hybridized carbons (Fsp3) is 0.263. The molecule has 0 bridgehead atoms. The van der Waals surface area contributed by atoms with Gasteiger partial charge in [-0.3, -0.25) is 19.0 Å². The summed E-state index contributed by atoms with van der Waals surface area (Å²) in [5, 5.41) is 4.53. The number of aromatic nitrogens is 2. The largest absolute Gasteiger partial charge is 0.339 e. The molecule has 0 saturated heterocycles. The molecular formula is C19H20N4O3S. The van der Waals surface area contributed by atoms with Crippen molar-refractivity contribution in [3.05, 3.63) is 58.0 Å². The number of hydrogen-bond donors (Lipinski definition) is 1. The van der Waals surface area contributed by atoms with Gasteiger partial charge >= 0.3 is 0 Å². The summed E-state index contributed by atoms with van der Waals surface area (Å²) in [5.41, 5.74) is 1.41. The van der Waals surface area contributed by atoms with Gasteiger partial charge in [-0.15, -0.1) is 11.3 Å². The predicted octanol–water partition coefficient (Wildman–Crippen LogP) is 2.58. The SMILES string of the molecule is CCN(CC)C(=O)c1cccc(NC(=O)Cn2cnc3ccsc3c2=O)c1. The number of nitrogens with zero attached hydrogens (tertiary/aromatic N) is 3. The topological polar surface area (TPSA) is 84.3 Å². The molecular weight excluding hydrogens is 364 g/mol. The van der Waals surface area contributed by atoms with Crippen LogP contribution >= 0.6 is 11.3 Å². The Labute approximate surface area is 160 Å². The van der Waals surface area contributed by atoms with Gasteiger partial charge in [-0.25, -0.2) is 4.98 Å². The molecule has 2 aromatic heterocycles. The van der Waals surface area contributed by atoms with Gasteiger partial charge in [0.2, 0.25) is 5.91 Å². The standard InChI is InChI=1S/C19H20N4O3S/c1-3-22(4-2)18(25)13-6-5-7-14(10-13)21-16(24)11-23-12-20-15-8-9-27-17(15)19(23)26/h5-10,12H,3-4,11H2,1-2H3,(H,21,24). The van der Waals surface area contributed by atoms with Crippen LogP contribution in [0.15, 0.2) is 46.8 Å². The molecule has 0 atom stereocenters. The first-order valence-electron chi connectivity index (χ1n) is 8.65. The van der Waals surface area contributed by atoms with Crippen LogP contribution in [0, 0.1) is 0 Å². The number of fused-ring (bicyclic) bond motifs is 1. The minimum atomic E-state index is -0.359. The maximum atomic E-state index is 12.4. The Morgan fingerprint density at radius 2 is 2.00 bits per heavy atom. The monoisotopic (exact) mass is 384 g/mol. The summed E-state index contributed by atoms with van der Waals surface area (Å²) in [5.74, 6) is -0.443. The van der Waals surface area contributed by atoms with E-state index in [2.05, 4.69) is 10.3 Å². The van der Waals surface area contributed by atoms with E-state index in [9.17, 15) is 14.4 Å². The number of carbonyl (C=O) groups is 2. The Morgan fingerprint density at radius 1 is 1.22 bits per heavy atom. The molecule has 7 nitrogen and oxygen atoms in total. The van der Waals surface area contributed by atoms with Crippen molar-refractivity contribution in [2.75, 3.05) is 18.4 Å². The van der Waals surface area contributed by atoms with Crippen LogP contribution in [0.4, 0.5) is 5.69 Å². The second-order valence-electron chi connectivity index (χ2n) is 5.92. The number of thiophene rings is 1. The third-order valence-corrected chi connectivity index (χ3v) is 5.09. The van der Waals surface area contributed by atoms with Crippen LogP contribution in [0.3, 0.4) is 0 Å². The zero-order valence-electron chi connectivity index (χ0n) is 15.1. The second kappa shape index (κ2) is 8.13. The number of rotatable bonds is 6. The summed E-state index contributed by atoms with van der Waals surface area (Å²) < 4.78 is 1.80. The molecule has 27 heavy (non-hydrogen) atoms. The van der Waals surface area contributed by atoms with E-state index < -0.39 is 0 Å². The molecule has 0 aliphatic heterocycles. The highest BCUT2D eigenvalue weighted by Crippen LogP contribution is 2.14. The van der Waals surface area contributed by atoms with Crippen LogP contribution in [0.2, 0.25) is 0 Å². The number of carbonyl (C=O) groups excluding carboxylic acids is 2. The third kappa shape index (κ3) is 4.06. The molecule has 0 spiro atoms. The van der Waals surface area contributed by atoms with Crippen molar-refractivity contribution in [2.24, 2.45) is 0 Å². The van der Waals surface area contributed by atoms with Crippen molar-refractivity contribution in [1.29, 1.82) is 0 Å². The quantitative estimate of drug-likeness (QED) is 0.708. The summed E-state index contributed by atoms with van der Waals surface area (Å²) in [6.07, 6.45) is 1.37. The van der Waals surface area contributed by atoms with Gasteiger partial charge in [-0.05, 0) is 43.5 Å². The maximum Gasteiger partial charge on any atom is 0.271 e. The number of anilines is 1. The van der Waals surface area contributed by atoms with Crippen LogP contribution in [0.1, 0.15) is 24.2 Å².